The van der Waals surface area contributed by atoms with Gasteiger partial charge in [0.2, 0.25) is 0 Å². The monoisotopic (exact) mass is 204 g/mol. The Kier molecular flexibility index (Phi) is 1.84. The SMILES string of the molecule is [C-]#[N+]c1cccc2nc3ccccc3cc12. The molecule has 0 N–H and O–H groups in total. The zero-order chi connectivity index (χ0) is 11.0. The molecule has 2 nitrogen and oxygen atoms in total. The lowest BCUT2D eigenvalue weighted by molar-refractivity contribution is 1.50. The van der Waals surface area contributed by atoms with Crippen molar-refractivity contribution < 1.29 is 0 Å². The minimum atomic E-state index is 0.663. The molecule has 2 heteroatoms. The first kappa shape index (κ1) is 8.87. The lowest BCUT2D eigenvalue weighted by atomic mass is 10.1. The van der Waals surface area contributed by atoms with Crippen molar-refractivity contribution in [2.45, 2.75) is 0 Å². The first-order chi connectivity index (χ1) is 7.88. The Balaban J connectivity index is 2.52. The molecule has 0 atom stereocenters. The Morgan fingerprint density at radius 1 is 0.938 bits per heavy atom. The summed E-state index contributed by atoms with van der Waals surface area (Å²) in [5.74, 6) is 0. The van der Waals surface area contributed by atoms with Gasteiger partial charge in [-0.1, -0.05) is 36.4 Å². The van der Waals surface area contributed by atoms with Crippen molar-refractivity contribution in [2.75, 3.05) is 0 Å². The van der Waals surface area contributed by atoms with Crippen molar-refractivity contribution in [3.63, 3.8) is 0 Å². The van der Waals surface area contributed by atoms with Crippen molar-refractivity contribution in [1.29, 1.82) is 0 Å². The van der Waals surface area contributed by atoms with Crippen LogP contribution < -0.4 is 0 Å². The molecule has 3 aromatic rings. The second kappa shape index (κ2) is 3.32. The molecule has 0 spiro atoms. The van der Waals surface area contributed by atoms with Gasteiger partial charge in [-0.15, -0.1) is 0 Å². The minimum Gasteiger partial charge on any atom is -0.249 e. The number of nitrogens with zero attached hydrogens (tertiary/aromatic N) is 2. The van der Waals surface area contributed by atoms with Crippen LogP contribution in [-0.2, 0) is 0 Å². The smallest absolute Gasteiger partial charge is 0.196 e. The molecule has 0 radical (unpaired) electrons. The van der Waals surface area contributed by atoms with E-state index in [0.29, 0.717) is 5.69 Å². The number of benzene rings is 2. The van der Waals surface area contributed by atoms with Crippen LogP contribution in [0.5, 0.6) is 0 Å². The van der Waals surface area contributed by atoms with E-state index in [0.717, 1.165) is 21.8 Å². The molecule has 0 saturated heterocycles. The van der Waals surface area contributed by atoms with Gasteiger partial charge in [0.1, 0.15) is 0 Å². The number of para-hydroxylation sites is 1. The summed E-state index contributed by atoms with van der Waals surface area (Å²) in [4.78, 5) is 8.06. The van der Waals surface area contributed by atoms with Gasteiger partial charge in [-0.05, 0) is 17.5 Å². The molecule has 74 valence electrons. The van der Waals surface area contributed by atoms with E-state index < -0.39 is 0 Å². The minimum absolute atomic E-state index is 0.663. The fraction of sp³-hybridized carbons (Fsp3) is 0. The summed E-state index contributed by atoms with van der Waals surface area (Å²) in [5.41, 5.74) is 2.51. The van der Waals surface area contributed by atoms with E-state index in [1.807, 2.05) is 48.5 Å². The van der Waals surface area contributed by atoms with E-state index in [1.165, 1.54) is 0 Å². The molecular weight excluding hydrogens is 196 g/mol. The topological polar surface area (TPSA) is 17.2 Å². The summed E-state index contributed by atoms with van der Waals surface area (Å²) in [5, 5.41) is 2.00. The number of aromatic nitrogens is 1. The number of hydrogen-bond acceptors (Lipinski definition) is 1. The van der Waals surface area contributed by atoms with Gasteiger partial charge in [-0.3, -0.25) is 0 Å². The second-order valence-corrected chi connectivity index (χ2v) is 3.64. The molecule has 3 rings (SSSR count). The first-order valence-electron chi connectivity index (χ1n) is 5.04. The molecular formula is C14H8N2. The van der Waals surface area contributed by atoms with E-state index in [-0.39, 0.29) is 0 Å². The molecule has 0 aliphatic rings. The Labute approximate surface area is 93.0 Å². The van der Waals surface area contributed by atoms with Gasteiger partial charge in [0.25, 0.3) is 0 Å². The summed E-state index contributed by atoms with van der Waals surface area (Å²) in [6, 6.07) is 15.6. The van der Waals surface area contributed by atoms with Crippen molar-refractivity contribution >= 4 is 27.5 Å². The van der Waals surface area contributed by atoms with Crippen molar-refractivity contribution in [1.82, 2.24) is 4.98 Å². The molecule has 0 bridgehead atoms. The fourth-order valence-electron chi connectivity index (χ4n) is 1.88. The highest BCUT2D eigenvalue weighted by Crippen LogP contribution is 2.27. The van der Waals surface area contributed by atoms with Crippen molar-refractivity contribution in [3.8, 4) is 0 Å². The van der Waals surface area contributed by atoms with Crippen LogP contribution >= 0.6 is 0 Å². The van der Waals surface area contributed by atoms with E-state index in [4.69, 9.17) is 6.57 Å². The third kappa shape index (κ3) is 1.23. The summed E-state index contributed by atoms with van der Waals surface area (Å²) in [7, 11) is 0. The van der Waals surface area contributed by atoms with Crippen LogP contribution in [0.25, 0.3) is 26.7 Å². The highest BCUT2D eigenvalue weighted by atomic mass is 14.7. The first-order valence-corrected chi connectivity index (χ1v) is 5.04. The van der Waals surface area contributed by atoms with Crippen LogP contribution in [0.4, 0.5) is 5.69 Å². The van der Waals surface area contributed by atoms with Crippen molar-refractivity contribution in [3.05, 3.63) is 59.9 Å². The lowest BCUT2D eigenvalue weighted by Crippen LogP contribution is -1.81. The fourth-order valence-corrected chi connectivity index (χ4v) is 1.88. The van der Waals surface area contributed by atoms with Gasteiger partial charge in [0.05, 0.1) is 17.6 Å². The number of fused-ring (bicyclic) bond motifs is 2. The summed E-state index contributed by atoms with van der Waals surface area (Å²) in [6.07, 6.45) is 0. The zero-order valence-corrected chi connectivity index (χ0v) is 8.51. The average Bonchev–Trinajstić information content (AvgIpc) is 2.35. The van der Waals surface area contributed by atoms with Crippen LogP contribution in [0.1, 0.15) is 0 Å². The van der Waals surface area contributed by atoms with Gasteiger partial charge < -0.3 is 0 Å². The summed E-state index contributed by atoms with van der Waals surface area (Å²) in [6.45, 7) is 7.13. The maximum atomic E-state index is 7.13. The highest BCUT2D eigenvalue weighted by Gasteiger charge is 2.02. The van der Waals surface area contributed by atoms with Gasteiger partial charge in [-0.25, -0.2) is 9.83 Å². The van der Waals surface area contributed by atoms with Gasteiger partial charge in [0.15, 0.2) is 5.69 Å². The maximum Gasteiger partial charge on any atom is 0.196 e. The summed E-state index contributed by atoms with van der Waals surface area (Å²) < 4.78 is 0. The van der Waals surface area contributed by atoms with Gasteiger partial charge >= 0.3 is 0 Å². The maximum absolute atomic E-state index is 7.13. The molecule has 0 fully saturated rings. The van der Waals surface area contributed by atoms with Crippen LogP contribution in [0, 0.1) is 6.57 Å². The van der Waals surface area contributed by atoms with E-state index in [2.05, 4.69) is 9.83 Å². The van der Waals surface area contributed by atoms with Crippen LogP contribution in [-0.4, -0.2) is 4.98 Å². The van der Waals surface area contributed by atoms with E-state index >= 15 is 0 Å². The van der Waals surface area contributed by atoms with Crippen LogP contribution in [0.3, 0.4) is 0 Å². The quantitative estimate of drug-likeness (QED) is 0.400. The number of pyridine rings is 1. The zero-order valence-electron chi connectivity index (χ0n) is 8.51. The third-order valence-corrected chi connectivity index (χ3v) is 2.66. The predicted octanol–water partition coefficient (Wildman–Crippen LogP) is 3.94. The highest BCUT2D eigenvalue weighted by molar-refractivity contribution is 5.99. The predicted molar refractivity (Wildman–Crippen MR) is 65.5 cm³/mol. The van der Waals surface area contributed by atoms with E-state index in [1.54, 1.807) is 0 Å². The van der Waals surface area contributed by atoms with Gasteiger partial charge in [-0.2, -0.15) is 0 Å². The van der Waals surface area contributed by atoms with E-state index in [9.17, 15) is 0 Å². The Bertz CT molecular complexity index is 723. The molecule has 0 amide bonds. The van der Waals surface area contributed by atoms with Gasteiger partial charge in [0, 0.05) is 5.39 Å². The molecule has 0 saturated carbocycles. The molecule has 1 aromatic heterocycles. The Morgan fingerprint density at radius 3 is 2.62 bits per heavy atom. The third-order valence-electron chi connectivity index (χ3n) is 2.66. The number of rotatable bonds is 0. The molecule has 2 aromatic carbocycles. The Morgan fingerprint density at radius 2 is 1.75 bits per heavy atom. The molecule has 0 unspecified atom stereocenters. The van der Waals surface area contributed by atoms with Crippen LogP contribution in [0.2, 0.25) is 0 Å². The van der Waals surface area contributed by atoms with Crippen LogP contribution in [0.15, 0.2) is 48.5 Å². The molecule has 1 heterocycles. The standard InChI is InChI=1S/C14H8N2/c1-15-13-7-4-8-14-11(13)9-10-5-2-3-6-12(10)16-14/h2-9H. The normalized spacial score (nSPS) is 10.4. The largest absolute Gasteiger partial charge is 0.249 e. The Hall–Kier alpha value is -2.40. The number of hydrogen-bond donors (Lipinski definition) is 0. The molecule has 0 aliphatic heterocycles. The molecule has 0 aliphatic carbocycles. The lowest BCUT2D eigenvalue weighted by Gasteiger charge is -2.02. The summed E-state index contributed by atoms with van der Waals surface area (Å²) >= 11 is 0. The van der Waals surface area contributed by atoms with Crippen molar-refractivity contribution in [2.24, 2.45) is 0 Å². The average molecular weight is 204 g/mol. The molecule has 16 heavy (non-hydrogen) atoms. The second-order valence-electron chi connectivity index (χ2n) is 3.64.